The molecule has 0 aliphatic carbocycles. The topological polar surface area (TPSA) is 105 Å². The number of aromatic nitrogens is 1. The van der Waals surface area contributed by atoms with Crippen LogP contribution in [0, 0.1) is 0 Å². The molecule has 0 fully saturated rings. The van der Waals surface area contributed by atoms with Gasteiger partial charge < -0.3 is 16.2 Å². The van der Waals surface area contributed by atoms with Crippen molar-refractivity contribution >= 4 is 38.6 Å². The molecular weight excluding hydrogens is 278 g/mol. The standard InChI is InChI=1S/C13H15N3O3S/c1-7(2-5-11(17)18)15-12(19)8-3-4-9-10(6-8)20-13(14)16-9/h3-4,6-7H,2,5H2,1H3,(H2,14,16)(H,15,19)(H,17,18). The molecule has 7 heteroatoms. The maximum absolute atomic E-state index is 12.0. The number of nitrogens with one attached hydrogen (secondary N) is 1. The maximum Gasteiger partial charge on any atom is 0.303 e. The third-order valence-corrected chi connectivity index (χ3v) is 3.68. The summed E-state index contributed by atoms with van der Waals surface area (Å²) in [5, 5.41) is 11.8. The quantitative estimate of drug-likeness (QED) is 0.780. The Morgan fingerprint density at radius 3 is 2.95 bits per heavy atom. The molecular formula is C13H15N3O3S. The van der Waals surface area contributed by atoms with Gasteiger partial charge in [-0.1, -0.05) is 11.3 Å². The second-order valence-electron chi connectivity index (χ2n) is 4.54. The number of hydrogen-bond acceptors (Lipinski definition) is 5. The first kappa shape index (κ1) is 14.3. The fourth-order valence-corrected chi connectivity index (χ4v) is 2.58. The molecule has 1 aromatic carbocycles. The van der Waals surface area contributed by atoms with Crippen LogP contribution in [0.4, 0.5) is 5.13 Å². The van der Waals surface area contributed by atoms with Gasteiger partial charge in [0.2, 0.25) is 0 Å². The van der Waals surface area contributed by atoms with Gasteiger partial charge in [0.25, 0.3) is 5.91 Å². The highest BCUT2D eigenvalue weighted by atomic mass is 32.1. The summed E-state index contributed by atoms with van der Waals surface area (Å²) >= 11 is 1.33. The van der Waals surface area contributed by atoms with Gasteiger partial charge in [0.1, 0.15) is 0 Å². The number of nitrogen functional groups attached to an aromatic ring is 1. The van der Waals surface area contributed by atoms with E-state index in [0.717, 1.165) is 10.2 Å². The van der Waals surface area contributed by atoms with Gasteiger partial charge in [-0.05, 0) is 31.5 Å². The Kier molecular flexibility index (Phi) is 4.19. The normalized spacial score (nSPS) is 12.2. The molecule has 0 radical (unpaired) electrons. The van der Waals surface area contributed by atoms with Gasteiger partial charge >= 0.3 is 5.97 Å². The van der Waals surface area contributed by atoms with Crippen LogP contribution in [0.25, 0.3) is 10.2 Å². The molecule has 0 saturated heterocycles. The van der Waals surface area contributed by atoms with Crippen LogP contribution in [0.2, 0.25) is 0 Å². The fraction of sp³-hybridized carbons (Fsp3) is 0.308. The fourth-order valence-electron chi connectivity index (χ4n) is 1.80. The predicted octanol–water partition coefficient (Wildman–Crippen LogP) is 1.86. The second-order valence-corrected chi connectivity index (χ2v) is 5.60. The molecule has 0 aliphatic rings. The first-order valence-corrected chi connectivity index (χ1v) is 6.96. The van der Waals surface area contributed by atoms with Crippen molar-refractivity contribution in [1.29, 1.82) is 0 Å². The monoisotopic (exact) mass is 293 g/mol. The van der Waals surface area contributed by atoms with Gasteiger partial charge in [0, 0.05) is 18.0 Å². The smallest absolute Gasteiger partial charge is 0.303 e. The molecule has 0 bridgehead atoms. The Bertz CT molecular complexity index is 653. The number of carboxylic acids is 1. The third-order valence-electron chi connectivity index (χ3n) is 2.84. The average Bonchev–Trinajstić information content (AvgIpc) is 2.75. The molecule has 106 valence electrons. The summed E-state index contributed by atoms with van der Waals surface area (Å²) in [5.74, 6) is -1.09. The lowest BCUT2D eigenvalue weighted by molar-refractivity contribution is -0.137. The molecule has 20 heavy (non-hydrogen) atoms. The predicted molar refractivity (Wildman–Crippen MR) is 77.8 cm³/mol. The van der Waals surface area contributed by atoms with Crippen LogP contribution in [0.3, 0.4) is 0 Å². The zero-order valence-corrected chi connectivity index (χ0v) is 11.7. The minimum Gasteiger partial charge on any atom is -0.481 e. The van der Waals surface area contributed by atoms with Crippen LogP contribution in [0.15, 0.2) is 18.2 Å². The van der Waals surface area contributed by atoms with Crippen molar-refractivity contribution in [2.45, 2.75) is 25.8 Å². The minimum atomic E-state index is -0.868. The van der Waals surface area contributed by atoms with Gasteiger partial charge in [-0.3, -0.25) is 9.59 Å². The van der Waals surface area contributed by atoms with Crippen LogP contribution in [0.1, 0.15) is 30.1 Å². The highest BCUT2D eigenvalue weighted by Crippen LogP contribution is 2.24. The molecule has 4 N–H and O–H groups in total. The number of nitrogens with zero attached hydrogens (tertiary/aromatic N) is 1. The summed E-state index contributed by atoms with van der Waals surface area (Å²) in [5.41, 5.74) is 6.90. The van der Waals surface area contributed by atoms with Crippen LogP contribution < -0.4 is 11.1 Å². The Labute approximate surface area is 119 Å². The Morgan fingerprint density at radius 2 is 2.25 bits per heavy atom. The van der Waals surface area contributed by atoms with Crippen molar-refractivity contribution in [3.8, 4) is 0 Å². The largest absolute Gasteiger partial charge is 0.481 e. The van der Waals surface area contributed by atoms with E-state index in [4.69, 9.17) is 10.8 Å². The maximum atomic E-state index is 12.0. The van der Waals surface area contributed by atoms with E-state index in [1.165, 1.54) is 11.3 Å². The molecule has 1 heterocycles. The van der Waals surface area contributed by atoms with E-state index in [0.29, 0.717) is 17.1 Å². The minimum absolute atomic E-state index is 0.0336. The van der Waals surface area contributed by atoms with E-state index in [9.17, 15) is 9.59 Å². The van der Waals surface area contributed by atoms with E-state index >= 15 is 0 Å². The van der Waals surface area contributed by atoms with Gasteiger partial charge in [0.05, 0.1) is 10.2 Å². The third kappa shape index (κ3) is 3.45. The first-order chi connectivity index (χ1) is 9.45. The van der Waals surface area contributed by atoms with Crippen molar-refractivity contribution in [1.82, 2.24) is 10.3 Å². The number of thiazole rings is 1. The lowest BCUT2D eigenvalue weighted by Crippen LogP contribution is -2.32. The van der Waals surface area contributed by atoms with Crippen molar-refractivity contribution in [3.05, 3.63) is 23.8 Å². The summed E-state index contributed by atoms with van der Waals surface area (Å²) in [6, 6.07) is 4.98. The van der Waals surface area contributed by atoms with Crippen LogP contribution in [-0.2, 0) is 4.79 Å². The molecule has 2 aromatic rings. The number of rotatable bonds is 5. The highest BCUT2D eigenvalue weighted by Gasteiger charge is 2.12. The number of nitrogens with two attached hydrogens (primary N) is 1. The van der Waals surface area contributed by atoms with Gasteiger partial charge in [-0.2, -0.15) is 0 Å². The average molecular weight is 293 g/mol. The van der Waals surface area contributed by atoms with Gasteiger partial charge in [0.15, 0.2) is 5.13 Å². The SMILES string of the molecule is CC(CCC(=O)O)NC(=O)c1ccc2nc(N)sc2c1. The van der Waals surface area contributed by atoms with Crippen LogP contribution in [0.5, 0.6) is 0 Å². The van der Waals surface area contributed by atoms with Gasteiger partial charge in [-0.15, -0.1) is 0 Å². The van der Waals surface area contributed by atoms with Crippen molar-refractivity contribution in [2.75, 3.05) is 5.73 Å². The first-order valence-electron chi connectivity index (χ1n) is 6.14. The number of amides is 1. The lowest BCUT2D eigenvalue weighted by atomic mass is 10.1. The second kappa shape index (κ2) is 5.87. The molecule has 1 amide bonds. The van der Waals surface area contributed by atoms with E-state index < -0.39 is 5.97 Å². The molecule has 0 aliphatic heterocycles. The zero-order chi connectivity index (χ0) is 14.7. The number of benzene rings is 1. The molecule has 1 unspecified atom stereocenters. The van der Waals surface area contributed by atoms with Gasteiger partial charge in [-0.25, -0.2) is 4.98 Å². The summed E-state index contributed by atoms with van der Waals surface area (Å²) in [4.78, 5) is 26.6. The van der Waals surface area contributed by atoms with Crippen molar-refractivity contribution < 1.29 is 14.7 Å². The van der Waals surface area contributed by atoms with Crippen LogP contribution >= 0.6 is 11.3 Å². The molecule has 1 atom stereocenters. The number of carboxylic acid groups (broad SMARTS) is 1. The van der Waals surface area contributed by atoms with Crippen molar-refractivity contribution in [2.24, 2.45) is 0 Å². The number of carbonyl (C=O) groups is 2. The highest BCUT2D eigenvalue weighted by molar-refractivity contribution is 7.22. The lowest BCUT2D eigenvalue weighted by Gasteiger charge is -2.12. The number of hydrogen-bond donors (Lipinski definition) is 3. The molecule has 1 aromatic heterocycles. The number of aliphatic carboxylic acids is 1. The Morgan fingerprint density at radius 1 is 1.50 bits per heavy atom. The van der Waals surface area contributed by atoms with E-state index in [-0.39, 0.29) is 18.4 Å². The van der Waals surface area contributed by atoms with E-state index in [2.05, 4.69) is 10.3 Å². The zero-order valence-electron chi connectivity index (χ0n) is 10.9. The van der Waals surface area contributed by atoms with E-state index in [1.54, 1.807) is 25.1 Å². The molecule has 2 rings (SSSR count). The Hall–Kier alpha value is -2.15. The Balaban J connectivity index is 2.05. The summed E-state index contributed by atoms with van der Waals surface area (Å²) in [7, 11) is 0. The summed E-state index contributed by atoms with van der Waals surface area (Å²) in [6.45, 7) is 1.78. The number of anilines is 1. The molecule has 0 spiro atoms. The van der Waals surface area contributed by atoms with Crippen molar-refractivity contribution in [3.63, 3.8) is 0 Å². The molecule has 6 nitrogen and oxygen atoms in total. The molecule has 0 saturated carbocycles. The van der Waals surface area contributed by atoms with Crippen LogP contribution in [-0.4, -0.2) is 28.0 Å². The van der Waals surface area contributed by atoms with E-state index in [1.807, 2.05) is 0 Å². The number of fused-ring (bicyclic) bond motifs is 1. The summed E-state index contributed by atoms with van der Waals surface area (Å²) in [6.07, 6.45) is 0.433. The summed E-state index contributed by atoms with van der Waals surface area (Å²) < 4.78 is 0.855. The number of carbonyl (C=O) groups excluding carboxylic acids is 1.